The van der Waals surface area contributed by atoms with Crippen LogP contribution in [0.25, 0.3) is 11.1 Å². The monoisotopic (exact) mass is 285 g/mol. The maximum absolute atomic E-state index is 11.7. The van der Waals surface area contributed by atoms with Crippen molar-refractivity contribution in [2.24, 2.45) is 0 Å². The Morgan fingerprint density at radius 1 is 1.14 bits per heavy atom. The van der Waals surface area contributed by atoms with Crippen molar-refractivity contribution in [1.82, 2.24) is 15.1 Å². The summed E-state index contributed by atoms with van der Waals surface area (Å²) in [7, 11) is 1.51. The molecule has 0 bridgehead atoms. The van der Waals surface area contributed by atoms with E-state index in [1.165, 1.54) is 7.05 Å². The third kappa shape index (κ3) is 2.33. The van der Waals surface area contributed by atoms with Crippen LogP contribution in [0, 0.1) is 0 Å². The average Bonchev–Trinajstić information content (AvgIpc) is 2.90. The molecule has 108 valence electrons. The molecular weight excluding hydrogens is 270 g/mol. The lowest BCUT2D eigenvalue weighted by Crippen LogP contribution is -2.52. The van der Waals surface area contributed by atoms with Crippen LogP contribution in [-0.2, 0) is 9.59 Å². The molecule has 0 saturated carbocycles. The van der Waals surface area contributed by atoms with Crippen LogP contribution in [0.4, 0.5) is 11.5 Å². The number of hydrogen-bond acceptors (Lipinski definition) is 5. The van der Waals surface area contributed by atoms with Crippen LogP contribution >= 0.6 is 0 Å². The fourth-order valence-corrected chi connectivity index (χ4v) is 2.29. The fourth-order valence-electron chi connectivity index (χ4n) is 2.29. The Kier molecular flexibility index (Phi) is 3.09. The maximum Gasteiger partial charge on any atom is 0.248 e. The zero-order valence-corrected chi connectivity index (χ0v) is 11.5. The summed E-state index contributed by atoms with van der Waals surface area (Å²) < 4.78 is 0. The molecule has 1 aliphatic rings. The number of benzene rings is 1. The van der Waals surface area contributed by atoms with Gasteiger partial charge in [-0.1, -0.05) is 12.1 Å². The predicted molar refractivity (Wildman–Crippen MR) is 78.4 cm³/mol. The topological polar surface area (TPSA) is 95.3 Å². The number of nitrogens with zero attached hydrogens (tertiary/aromatic N) is 3. The largest absolute Gasteiger partial charge is 0.384 e. The first kappa shape index (κ1) is 13.2. The van der Waals surface area contributed by atoms with Gasteiger partial charge in [0.15, 0.2) is 0 Å². The number of amides is 2. The lowest BCUT2D eigenvalue weighted by atomic mass is 10.1. The average molecular weight is 285 g/mol. The standard InChI is InChI=1S/C14H15N5O2/c1-18-12(20)7-19(8-13(18)21)10-4-2-9(3-5-10)11-6-16-17-14(11)15/h2-6H,7-8H2,1H3,(H3,15,16,17). The van der Waals surface area contributed by atoms with Crippen molar-refractivity contribution in [2.75, 3.05) is 30.8 Å². The number of nitrogens with one attached hydrogen (secondary N) is 1. The fraction of sp³-hybridized carbons (Fsp3) is 0.214. The summed E-state index contributed by atoms with van der Waals surface area (Å²) in [6, 6.07) is 7.52. The molecule has 21 heavy (non-hydrogen) atoms. The van der Waals surface area contributed by atoms with Gasteiger partial charge in [-0.3, -0.25) is 19.6 Å². The maximum atomic E-state index is 11.7. The van der Waals surface area contributed by atoms with Gasteiger partial charge in [0.1, 0.15) is 5.82 Å². The van der Waals surface area contributed by atoms with Gasteiger partial charge in [-0.05, 0) is 17.7 Å². The van der Waals surface area contributed by atoms with Crippen molar-refractivity contribution in [3.05, 3.63) is 30.5 Å². The minimum absolute atomic E-state index is 0.200. The number of aromatic amines is 1. The third-order valence-electron chi connectivity index (χ3n) is 3.61. The summed E-state index contributed by atoms with van der Waals surface area (Å²) >= 11 is 0. The number of rotatable bonds is 2. The molecule has 1 fully saturated rings. The van der Waals surface area contributed by atoms with Gasteiger partial charge in [0.05, 0.1) is 19.3 Å². The smallest absolute Gasteiger partial charge is 0.248 e. The molecule has 0 aliphatic carbocycles. The Labute approximate surface area is 121 Å². The SMILES string of the molecule is CN1C(=O)CN(c2ccc(-c3cn[nH]c3N)cc2)CC1=O. The molecule has 1 aliphatic heterocycles. The summed E-state index contributed by atoms with van der Waals surface area (Å²) in [5.74, 6) is 0.108. The van der Waals surface area contributed by atoms with E-state index < -0.39 is 0 Å². The van der Waals surface area contributed by atoms with Gasteiger partial charge < -0.3 is 10.6 Å². The van der Waals surface area contributed by atoms with Crippen LogP contribution in [-0.4, -0.2) is 47.0 Å². The van der Waals surface area contributed by atoms with Crippen molar-refractivity contribution in [3.63, 3.8) is 0 Å². The number of piperazine rings is 1. The number of carbonyl (C=O) groups excluding carboxylic acids is 2. The van der Waals surface area contributed by atoms with E-state index in [4.69, 9.17) is 5.73 Å². The zero-order valence-electron chi connectivity index (χ0n) is 11.5. The predicted octanol–water partition coefficient (Wildman–Crippen LogP) is 0.464. The van der Waals surface area contributed by atoms with Gasteiger partial charge in [0.2, 0.25) is 11.8 Å². The number of nitrogen functional groups attached to an aromatic ring is 1. The Balaban J connectivity index is 1.83. The second-order valence-electron chi connectivity index (χ2n) is 4.95. The molecule has 7 heteroatoms. The van der Waals surface area contributed by atoms with Crippen molar-refractivity contribution in [2.45, 2.75) is 0 Å². The highest BCUT2D eigenvalue weighted by Gasteiger charge is 2.28. The third-order valence-corrected chi connectivity index (χ3v) is 3.61. The summed E-state index contributed by atoms with van der Waals surface area (Å²) in [5, 5.41) is 6.57. The Morgan fingerprint density at radius 3 is 2.29 bits per heavy atom. The van der Waals surface area contributed by atoms with Crippen LogP contribution in [0.1, 0.15) is 0 Å². The minimum Gasteiger partial charge on any atom is -0.384 e. The van der Waals surface area contributed by atoms with E-state index >= 15 is 0 Å². The van der Waals surface area contributed by atoms with Crippen molar-refractivity contribution in [3.8, 4) is 11.1 Å². The van der Waals surface area contributed by atoms with Gasteiger partial charge in [-0.15, -0.1) is 0 Å². The van der Waals surface area contributed by atoms with Crippen LogP contribution in [0.3, 0.4) is 0 Å². The van der Waals surface area contributed by atoms with E-state index in [9.17, 15) is 9.59 Å². The van der Waals surface area contributed by atoms with Gasteiger partial charge >= 0.3 is 0 Å². The Morgan fingerprint density at radius 2 is 1.76 bits per heavy atom. The Bertz CT molecular complexity index is 674. The lowest BCUT2D eigenvalue weighted by molar-refractivity contribution is -0.143. The van der Waals surface area contributed by atoms with Gasteiger partial charge in [-0.25, -0.2) is 0 Å². The first-order valence-corrected chi connectivity index (χ1v) is 6.50. The molecule has 1 aromatic carbocycles. The highest BCUT2D eigenvalue weighted by atomic mass is 16.2. The van der Waals surface area contributed by atoms with Crippen molar-refractivity contribution < 1.29 is 9.59 Å². The molecule has 0 radical (unpaired) electrons. The number of imide groups is 1. The number of hydrogen-bond donors (Lipinski definition) is 2. The molecular formula is C14H15N5O2. The van der Waals surface area contributed by atoms with E-state index in [1.54, 1.807) is 11.1 Å². The number of anilines is 2. The molecule has 3 N–H and O–H groups in total. The van der Waals surface area contributed by atoms with E-state index in [0.29, 0.717) is 5.82 Å². The second-order valence-corrected chi connectivity index (χ2v) is 4.95. The molecule has 1 aromatic heterocycles. The summed E-state index contributed by atoms with van der Waals surface area (Å²) in [4.78, 5) is 26.4. The molecule has 1 saturated heterocycles. The molecule has 0 unspecified atom stereocenters. The normalized spacial score (nSPS) is 15.7. The van der Waals surface area contributed by atoms with E-state index in [0.717, 1.165) is 21.7 Å². The number of H-pyrrole nitrogens is 1. The van der Waals surface area contributed by atoms with E-state index in [-0.39, 0.29) is 24.9 Å². The first-order chi connectivity index (χ1) is 10.1. The number of nitrogens with two attached hydrogens (primary N) is 1. The molecule has 0 spiro atoms. The molecule has 2 amide bonds. The highest BCUT2D eigenvalue weighted by Crippen LogP contribution is 2.26. The van der Waals surface area contributed by atoms with Crippen LogP contribution in [0.15, 0.2) is 30.5 Å². The second kappa shape index (κ2) is 4.93. The molecule has 0 atom stereocenters. The summed E-state index contributed by atoms with van der Waals surface area (Å²) in [6.07, 6.45) is 1.66. The van der Waals surface area contributed by atoms with Crippen LogP contribution < -0.4 is 10.6 Å². The van der Waals surface area contributed by atoms with Gasteiger partial charge in [-0.2, -0.15) is 5.10 Å². The molecule has 3 rings (SSSR count). The van der Waals surface area contributed by atoms with Gasteiger partial charge in [0.25, 0.3) is 0 Å². The zero-order chi connectivity index (χ0) is 15.0. The van der Waals surface area contributed by atoms with Gasteiger partial charge in [0, 0.05) is 18.3 Å². The van der Waals surface area contributed by atoms with E-state index in [1.807, 2.05) is 24.3 Å². The number of aromatic nitrogens is 2. The quantitative estimate of drug-likeness (QED) is 0.782. The molecule has 2 aromatic rings. The Hall–Kier alpha value is -2.83. The first-order valence-electron chi connectivity index (χ1n) is 6.50. The van der Waals surface area contributed by atoms with Crippen molar-refractivity contribution in [1.29, 1.82) is 0 Å². The number of likely N-dealkylation sites (N-methyl/N-ethyl adjacent to an activating group) is 1. The minimum atomic E-state index is -0.200. The van der Waals surface area contributed by atoms with E-state index in [2.05, 4.69) is 10.2 Å². The highest BCUT2D eigenvalue weighted by molar-refractivity contribution is 6.02. The summed E-state index contributed by atoms with van der Waals surface area (Å²) in [5.41, 5.74) is 8.36. The lowest BCUT2D eigenvalue weighted by Gasteiger charge is -2.32. The molecule has 7 nitrogen and oxygen atoms in total. The van der Waals surface area contributed by atoms with Crippen molar-refractivity contribution >= 4 is 23.3 Å². The molecule has 2 heterocycles. The number of carbonyl (C=O) groups is 2. The summed E-state index contributed by atoms with van der Waals surface area (Å²) in [6.45, 7) is 0.408. The van der Waals surface area contributed by atoms with Crippen LogP contribution in [0.2, 0.25) is 0 Å². The van der Waals surface area contributed by atoms with Crippen LogP contribution in [0.5, 0.6) is 0 Å².